The summed E-state index contributed by atoms with van der Waals surface area (Å²) in [6.45, 7) is 4.19. The summed E-state index contributed by atoms with van der Waals surface area (Å²) in [7, 11) is 0. The van der Waals surface area contributed by atoms with Gasteiger partial charge in [0, 0.05) is 0 Å². The van der Waals surface area contributed by atoms with Gasteiger partial charge in [-0.25, -0.2) is 0 Å². The van der Waals surface area contributed by atoms with Gasteiger partial charge < -0.3 is 0 Å². The van der Waals surface area contributed by atoms with Crippen LogP contribution in [0.3, 0.4) is 0 Å². The number of hydrogen-bond donors (Lipinski definition) is 0. The van der Waals surface area contributed by atoms with Crippen molar-refractivity contribution in [2.24, 2.45) is 0 Å². The molecular weight excluding hydrogens is 320 g/mol. The van der Waals surface area contributed by atoms with Crippen molar-refractivity contribution >= 4 is 4.40 Å². The van der Waals surface area contributed by atoms with Crippen molar-refractivity contribution in [3.63, 3.8) is 0 Å². The third-order valence-corrected chi connectivity index (χ3v) is 4.32. The van der Waals surface area contributed by atoms with Crippen LogP contribution < -0.4 is 0 Å². The van der Waals surface area contributed by atoms with Crippen LogP contribution in [-0.4, -0.2) is 4.40 Å². The molecule has 0 N–H and O–H groups in total. The van der Waals surface area contributed by atoms with Gasteiger partial charge in [-0.15, -0.1) is 0 Å². The van der Waals surface area contributed by atoms with Gasteiger partial charge >= 0.3 is 81.0 Å². The Bertz CT molecular complexity index is 297. The quantitative estimate of drug-likeness (QED) is 0.812. The second-order valence-electron chi connectivity index (χ2n) is 3.30. The summed E-state index contributed by atoms with van der Waals surface area (Å²) in [5.74, 6) is 0. The Hall–Kier alpha value is -0.422. The van der Waals surface area contributed by atoms with Gasteiger partial charge in [-0.05, 0) is 0 Å². The maximum absolute atomic E-state index is 10.6. The average molecular weight is 332 g/mol. The van der Waals surface area contributed by atoms with Crippen molar-refractivity contribution in [2.75, 3.05) is 0 Å². The zero-order valence-electron chi connectivity index (χ0n) is 7.28. The molecular formula is C10H12OW. The van der Waals surface area contributed by atoms with E-state index in [1.165, 1.54) is 5.56 Å². The number of benzene rings is 1. The Morgan fingerprint density at radius 2 is 1.83 bits per heavy atom. The summed E-state index contributed by atoms with van der Waals surface area (Å²) in [6.07, 6.45) is 0. The molecule has 0 aliphatic heterocycles. The molecule has 0 radical (unpaired) electrons. The predicted octanol–water partition coefficient (Wildman–Crippen LogP) is 2.19. The van der Waals surface area contributed by atoms with Crippen LogP contribution in [0.1, 0.15) is 19.4 Å². The van der Waals surface area contributed by atoms with E-state index in [1.54, 1.807) is 0 Å². The molecule has 64 valence electrons. The van der Waals surface area contributed by atoms with E-state index in [1.807, 2.05) is 22.6 Å². The molecule has 0 aromatic heterocycles. The van der Waals surface area contributed by atoms with Gasteiger partial charge in [-0.1, -0.05) is 0 Å². The van der Waals surface area contributed by atoms with Gasteiger partial charge in [0.25, 0.3) is 0 Å². The van der Waals surface area contributed by atoms with Crippen molar-refractivity contribution < 1.29 is 21.5 Å². The van der Waals surface area contributed by atoms with E-state index in [-0.39, 0.29) is 5.41 Å². The van der Waals surface area contributed by atoms with E-state index >= 15 is 0 Å². The Balaban J connectivity index is 3.05. The Morgan fingerprint density at radius 3 is 2.33 bits per heavy atom. The van der Waals surface area contributed by atoms with Crippen molar-refractivity contribution in [3.8, 4) is 0 Å². The number of rotatable bonds is 2. The van der Waals surface area contributed by atoms with Gasteiger partial charge in [-0.3, -0.25) is 0 Å². The molecule has 0 spiro atoms. The van der Waals surface area contributed by atoms with Crippen molar-refractivity contribution in [3.05, 3.63) is 35.9 Å². The first-order valence-electron chi connectivity index (χ1n) is 3.85. The zero-order valence-corrected chi connectivity index (χ0v) is 10.2. The van der Waals surface area contributed by atoms with Crippen LogP contribution in [0.4, 0.5) is 0 Å². The fourth-order valence-corrected chi connectivity index (χ4v) is 2.41. The second kappa shape index (κ2) is 4.00. The SMILES string of the molecule is CC(C)([CH]=[W]=[O])c1ccccc1. The predicted molar refractivity (Wildman–Crippen MR) is 46.2 cm³/mol. The minimum atomic E-state index is -1.43. The Labute approximate surface area is 81.2 Å². The first-order valence-corrected chi connectivity index (χ1v) is 6.74. The van der Waals surface area contributed by atoms with E-state index in [9.17, 15) is 3.40 Å². The standard InChI is InChI=1S/C10H12.O.W/c1-10(2,3)9-7-5-4-6-8-9;;/h1,4-8H,2-3H3;;. The van der Waals surface area contributed by atoms with E-state index < -0.39 is 18.1 Å². The van der Waals surface area contributed by atoms with Crippen LogP contribution in [0.2, 0.25) is 0 Å². The monoisotopic (exact) mass is 332 g/mol. The zero-order chi connectivity index (χ0) is 9.03. The van der Waals surface area contributed by atoms with Crippen molar-refractivity contribution in [1.29, 1.82) is 0 Å². The van der Waals surface area contributed by atoms with Gasteiger partial charge in [-0.2, -0.15) is 0 Å². The van der Waals surface area contributed by atoms with Crippen LogP contribution in [-0.2, 0) is 26.9 Å². The molecule has 0 saturated carbocycles. The molecule has 0 amide bonds. The molecule has 1 rings (SSSR count). The topological polar surface area (TPSA) is 17.1 Å². The van der Waals surface area contributed by atoms with Gasteiger partial charge in [0.05, 0.1) is 0 Å². The summed E-state index contributed by atoms with van der Waals surface area (Å²) in [5.41, 5.74) is 1.22. The summed E-state index contributed by atoms with van der Waals surface area (Å²) >= 11 is -1.43. The summed E-state index contributed by atoms with van der Waals surface area (Å²) in [4.78, 5) is 0. The summed E-state index contributed by atoms with van der Waals surface area (Å²) in [5, 5.41) is 0. The number of hydrogen-bond acceptors (Lipinski definition) is 1. The normalized spacial score (nSPS) is 10.8. The Kier molecular flexibility index (Phi) is 3.22. The molecule has 0 heterocycles. The minimum absolute atomic E-state index is 0.0202. The summed E-state index contributed by atoms with van der Waals surface area (Å²) in [6, 6.07) is 10.2. The maximum atomic E-state index is 10.6. The van der Waals surface area contributed by atoms with Crippen LogP contribution in [0.25, 0.3) is 0 Å². The molecule has 0 saturated heterocycles. The average Bonchev–Trinajstić information content (AvgIpc) is 2.06. The third-order valence-electron chi connectivity index (χ3n) is 1.86. The van der Waals surface area contributed by atoms with E-state index in [0.29, 0.717) is 0 Å². The molecule has 0 unspecified atom stereocenters. The first-order chi connectivity index (χ1) is 5.67. The van der Waals surface area contributed by atoms with Gasteiger partial charge in [0.1, 0.15) is 0 Å². The molecule has 2 heteroatoms. The third kappa shape index (κ3) is 2.28. The molecule has 0 fully saturated rings. The van der Waals surface area contributed by atoms with Gasteiger partial charge in [0.15, 0.2) is 0 Å². The fraction of sp³-hybridized carbons (Fsp3) is 0.300. The van der Waals surface area contributed by atoms with Crippen LogP contribution in [0.15, 0.2) is 30.3 Å². The second-order valence-corrected chi connectivity index (χ2v) is 4.84. The van der Waals surface area contributed by atoms with E-state index in [4.69, 9.17) is 0 Å². The Morgan fingerprint density at radius 1 is 1.25 bits per heavy atom. The molecule has 1 aromatic carbocycles. The molecule has 1 aromatic rings. The summed E-state index contributed by atoms with van der Waals surface area (Å²) < 4.78 is 12.6. The molecule has 0 aliphatic carbocycles. The molecule has 0 aliphatic rings. The first kappa shape index (κ1) is 9.66. The molecule has 1 nitrogen and oxygen atoms in total. The molecule has 12 heavy (non-hydrogen) atoms. The van der Waals surface area contributed by atoms with Gasteiger partial charge in [0.2, 0.25) is 0 Å². The molecule has 0 atom stereocenters. The van der Waals surface area contributed by atoms with Crippen LogP contribution in [0, 0.1) is 0 Å². The fourth-order valence-electron chi connectivity index (χ4n) is 1.06. The van der Waals surface area contributed by atoms with E-state index in [0.717, 1.165) is 0 Å². The van der Waals surface area contributed by atoms with E-state index in [2.05, 4.69) is 26.0 Å². The van der Waals surface area contributed by atoms with Crippen molar-refractivity contribution in [2.45, 2.75) is 19.3 Å². The van der Waals surface area contributed by atoms with Crippen LogP contribution in [0.5, 0.6) is 0 Å². The molecule has 0 bridgehead atoms. The van der Waals surface area contributed by atoms with Crippen LogP contribution >= 0.6 is 0 Å². The van der Waals surface area contributed by atoms with Crippen molar-refractivity contribution in [1.82, 2.24) is 0 Å².